The second kappa shape index (κ2) is 7.91. The molecule has 0 bridgehead atoms. The Morgan fingerprint density at radius 3 is 2.74 bits per heavy atom. The Balaban J connectivity index is 1.45. The summed E-state index contributed by atoms with van der Waals surface area (Å²) in [6.07, 6.45) is 5.20. The molecule has 34 heavy (non-hydrogen) atoms. The number of carbonyl (C=O) groups excluding carboxylic acids is 1. The Hall–Kier alpha value is -4.33. The molecular formula is C26H22N6O2. The minimum atomic E-state index is -0.447. The molecule has 5 heterocycles. The Morgan fingerprint density at radius 2 is 1.91 bits per heavy atom. The number of amides is 1. The van der Waals surface area contributed by atoms with Crippen LogP contribution >= 0.6 is 0 Å². The summed E-state index contributed by atoms with van der Waals surface area (Å²) in [5, 5.41) is 2.10. The van der Waals surface area contributed by atoms with E-state index in [0.717, 1.165) is 27.9 Å². The molecule has 168 valence electrons. The normalized spacial score (nSPS) is 17.6. The summed E-state index contributed by atoms with van der Waals surface area (Å²) in [6, 6.07) is 15.1. The van der Waals surface area contributed by atoms with Crippen LogP contribution in [-0.4, -0.2) is 42.3 Å². The van der Waals surface area contributed by atoms with Crippen molar-refractivity contribution < 1.29 is 9.21 Å². The number of aromatic nitrogens is 5. The topological polar surface area (TPSA) is 101 Å². The summed E-state index contributed by atoms with van der Waals surface area (Å²) in [4.78, 5) is 37.1. The fourth-order valence-electron chi connectivity index (χ4n) is 4.64. The molecule has 4 aromatic heterocycles. The molecule has 1 aromatic carbocycles. The van der Waals surface area contributed by atoms with E-state index in [9.17, 15) is 4.79 Å². The Labute approximate surface area is 195 Å². The number of aryl methyl sites for hydroxylation is 1. The number of fused-ring (bicyclic) bond motifs is 2. The van der Waals surface area contributed by atoms with Crippen molar-refractivity contribution in [3.05, 3.63) is 95.8 Å². The first-order valence-electron chi connectivity index (χ1n) is 11.2. The van der Waals surface area contributed by atoms with E-state index in [4.69, 9.17) is 9.40 Å². The Morgan fingerprint density at radius 1 is 1.09 bits per heavy atom. The van der Waals surface area contributed by atoms with E-state index in [1.54, 1.807) is 30.4 Å². The van der Waals surface area contributed by atoms with Crippen LogP contribution in [0.5, 0.6) is 0 Å². The summed E-state index contributed by atoms with van der Waals surface area (Å²) in [7, 11) is 0. The lowest BCUT2D eigenvalue weighted by Gasteiger charge is -2.37. The molecule has 1 aliphatic rings. The van der Waals surface area contributed by atoms with Gasteiger partial charge in [0.1, 0.15) is 11.7 Å². The molecule has 2 atom stereocenters. The minimum Gasteiger partial charge on any atom is -0.429 e. The highest BCUT2D eigenvalue weighted by Crippen LogP contribution is 2.39. The van der Waals surface area contributed by atoms with Crippen LogP contribution < -0.4 is 0 Å². The number of H-pyrrole nitrogens is 1. The largest absolute Gasteiger partial charge is 0.429 e. The van der Waals surface area contributed by atoms with Crippen LogP contribution in [-0.2, 0) is 0 Å². The number of nitrogens with zero attached hydrogens (tertiary/aromatic N) is 5. The Bertz CT molecular complexity index is 1510. The second-order valence-electron chi connectivity index (χ2n) is 8.57. The van der Waals surface area contributed by atoms with E-state index in [-0.39, 0.29) is 17.6 Å². The van der Waals surface area contributed by atoms with Gasteiger partial charge >= 0.3 is 0 Å². The van der Waals surface area contributed by atoms with E-state index in [1.807, 2.05) is 48.7 Å². The number of hydrogen-bond donors (Lipinski definition) is 1. The maximum absolute atomic E-state index is 13.9. The first-order chi connectivity index (χ1) is 16.6. The van der Waals surface area contributed by atoms with Crippen molar-refractivity contribution in [1.29, 1.82) is 0 Å². The quantitative estimate of drug-likeness (QED) is 0.429. The number of aromatic amines is 1. The van der Waals surface area contributed by atoms with Crippen molar-refractivity contribution in [2.45, 2.75) is 25.8 Å². The number of imidazole rings is 1. The van der Waals surface area contributed by atoms with Crippen LogP contribution in [0, 0.1) is 6.92 Å². The van der Waals surface area contributed by atoms with E-state index >= 15 is 0 Å². The number of hydrogen-bond acceptors (Lipinski definition) is 6. The zero-order valence-electron chi connectivity index (χ0n) is 18.8. The molecule has 0 radical (unpaired) electrons. The predicted molar refractivity (Wildman–Crippen MR) is 126 cm³/mol. The maximum Gasteiger partial charge on any atom is 0.292 e. The molecule has 0 saturated heterocycles. The van der Waals surface area contributed by atoms with Gasteiger partial charge in [-0.05, 0) is 30.5 Å². The van der Waals surface area contributed by atoms with Crippen LogP contribution in [0.3, 0.4) is 0 Å². The highest BCUT2D eigenvalue weighted by atomic mass is 16.4. The SMILES string of the molecule is Cc1nc(-c2ccccn2)oc1C(=O)N1C[C@H](C)c2[nH]cnc2[C@@H]1c1cc2ccccc2cn1. The zero-order chi connectivity index (χ0) is 23.2. The van der Waals surface area contributed by atoms with Crippen LogP contribution in [0.2, 0.25) is 0 Å². The summed E-state index contributed by atoms with van der Waals surface area (Å²) in [6.45, 7) is 4.35. The van der Waals surface area contributed by atoms with Gasteiger partial charge in [-0.2, -0.15) is 0 Å². The molecule has 1 N–H and O–H groups in total. The van der Waals surface area contributed by atoms with Gasteiger partial charge in [0, 0.05) is 35.9 Å². The van der Waals surface area contributed by atoms with Gasteiger partial charge in [-0.1, -0.05) is 37.3 Å². The number of benzene rings is 1. The average Bonchev–Trinajstić information content (AvgIpc) is 3.51. The molecule has 1 aliphatic heterocycles. The van der Waals surface area contributed by atoms with Gasteiger partial charge in [-0.15, -0.1) is 0 Å². The molecule has 0 saturated carbocycles. The van der Waals surface area contributed by atoms with E-state index in [1.165, 1.54) is 0 Å². The van der Waals surface area contributed by atoms with Crippen molar-refractivity contribution in [2.24, 2.45) is 0 Å². The van der Waals surface area contributed by atoms with Crippen molar-refractivity contribution in [2.75, 3.05) is 6.54 Å². The summed E-state index contributed by atoms with van der Waals surface area (Å²) >= 11 is 0. The van der Waals surface area contributed by atoms with Gasteiger partial charge < -0.3 is 14.3 Å². The predicted octanol–water partition coefficient (Wildman–Crippen LogP) is 4.67. The lowest BCUT2D eigenvalue weighted by Crippen LogP contribution is -2.42. The smallest absolute Gasteiger partial charge is 0.292 e. The highest BCUT2D eigenvalue weighted by molar-refractivity contribution is 5.94. The van der Waals surface area contributed by atoms with Crippen LogP contribution in [0.25, 0.3) is 22.4 Å². The number of oxazole rings is 1. The molecule has 6 rings (SSSR count). The van der Waals surface area contributed by atoms with Crippen LogP contribution in [0.1, 0.15) is 52.2 Å². The molecule has 5 aromatic rings. The molecule has 0 aliphatic carbocycles. The average molecular weight is 451 g/mol. The van der Waals surface area contributed by atoms with E-state index in [0.29, 0.717) is 23.8 Å². The first-order valence-corrected chi connectivity index (χ1v) is 11.2. The van der Waals surface area contributed by atoms with Crippen molar-refractivity contribution in [1.82, 2.24) is 29.8 Å². The van der Waals surface area contributed by atoms with Crippen molar-refractivity contribution >= 4 is 16.7 Å². The number of pyridine rings is 2. The van der Waals surface area contributed by atoms with Crippen molar-refractivity contribution in [3.8, 4) is 11.6 Å². The molecular weight excluding hydrogens is 428 g/mol. The monoisotopic (exact) mass is 450 g/mol. The van der Waals surface area contributed by atoms with E-state index in [2.05, 4.69) is 26.9 Å². The standard InChI is InChI=1S/C26H22N6O2/c1-15-13-32(26(33)24-16(2)31-25(34-24)19-9-5-6-10-27-19)23(22-21(15)29-14-30-22)20-11-17-7-3-4-8-18(17)12-28-20/h3-12,14-15,23H,13H2,1-2H3,(H,29,30)/t15-,23-/m0/s1. The molecule has 0 fully saturated rings. The summed E-state index contributed by atoms with van der Waals surface area (Å²) in [5.41, 5.74) is 3.69. The van der Waals surface area contributed by atoms with Gasteiger partial charge in [0.05, 0.1) is 23.4 Å². The number of rotatable bonds is 3. The fourth-order valence-corrected chi connectivity index (χ4v) is 4.64. The number of carbonyl (C=O) groups is 1. The van der Waals surface area contributed by atoms with Gasteiger partial charge in [0.25, 0.3) is 5.91 Å². The summed E-state index contributed by atoms with van der Waals surface area (Å²) in [5.74, 6) is 0.370. The molecule has 8 heteroatoms. The van der Waals surface area contributed by atoms with Crippen LogP contribution in [0.4, 0.5) is 0 Å². The van der Waals surface area contributed by atoms with Crippen molar-refractivity contribution in [3.63, 3.8) is 0 Å². The Kier molecular flexibility index (Phi) is 4.72. The molecule has 0 unspecified atom stereocenters. The van der Waals surface area contributed by atoms with Gasteiger partial charge in [-0.3, -0.25) is 14.8 Å². The third-order valence-corrected chi connectivity index (χ3v) is 6.30. The fraction of sp³-hybridized carbons (Fsp3) is 0.192. The highest BCUT2D eigenvalue weighted by Gasteiger charge is 2.40. The first kappa shape index (κ1) is 20.3. The third kappa shape index (κ3) is 3.26. The maximum atomic E-state index is 13.9. The lowest BCUT2D eigenvalue weighted by molar-refractivity contribution is 0.0637. The number of nitrogens with one attached hydrogen (secondary N) is 1. The zero-order valence-corrected chi connectivity index (χ0v) is 18.8. The van der Waals surface area contributed by atoms with Crippen LogP contribution in [0.15, 0.2) is 71.7 Å². The second-order valence-corrected chi connectivity index (χ2v) is 8.57. The van der Waals surface area contributed by atoms with E-state index < -0.39 is 6.04 Å². The summed E-state index contributed by atoms with van der Waals surface area (Å²) < 4.78 is 5.96. The van der Waals surface area contributed by atoms with Gasteiger partial charge in [0.15, 0.2) is 0 Å². The lowest BCUT2D eigenvalue weighted by atomic mass is 9.92. The molecule has 0 spiro atoms. The third-order valence-electron chi connectivity index (χ3n) is 6.30. The molecule has 1 amide bonds. The minimum absolute atomic E-state index is 0.0802. The molecule has 8 nitrogen and oxygen atoms in total. The van der Waals surface area contributed by atoms with Gasteiger partial charge in [-0.25, -0.2) is 9.97 Å². The van der Waals surface area contributed by atoms with Gasteiger partial charge in [0.2, 0.25) is 11.7 Å².